The number of rotatable bonds is 3. The Bertz CT molecular complexity index is 502. The molecule has 0 saturated heterocycles. The van der Waals surface area contributed by atoms with Crippen molar-refractivity contribution in [3.05, 3.63) is 41.7 Å². The first kappa shape index (κ1) is 10.4. The van der Waals surface area contributed by atoms with Crippen molar-refractivity contribution in [1.29, 1.82) is 0 Å². The van der Waals surface area contributed by atoms with Gasteiger partial charge in [-0.05, 0) is 6.92 Å². The number of hydrogen-bond donors (Lipinski definition) is 1. The van der Waals surface area contributed by atoms with Crippen molar-refractivity contribution in [3.63, 3.8) is 0 Å². The smallest absolute Gasteiger partial charge is 0.311 e. The summed E-state index contributed by atoms with van der Waals surface area (Å²) in [5.74, 6) is -0.509. The zero-order valence-corrected chi connectivity index (χ0v) is 8.80. The molecule has 0 saturated carbocycles. The average molecular weight is 217 g/mol. The summed E-state index contributed by atoms with van der Waals surface area (Å²) in [5.41, 5.74) is 2.42. The van der Waals surface area contributed by atoms with Crippen LogP contribution in [0.4, 0.5) is 0 Å². The van der Waals surface area contributed by atoms with Crippen LogP contribution in [0.1, 0.15) is 11.3 Å². The molecule has 1 N–H and O–H groups in total. The predicted octanol–water partition coefficient (Wildman–Crippen LogP) is 2.28. The molecule has 1 aromatic carbocycles. The van der Waals surface area contributed by atoms with Gasteiger partial charge in [-0.3, -0.25) is 4.79 Å². The Kier molecular flexibility index (Phi) is 2.72. The topological polar surface area (TPSA) is 63.3 Å². The molecule has 0 atom stereocenters. The molecule has 0 spiro atoms. The van der Waals surface area contributed by atoms with E-state index in [0.29, 0.717) is 11.5 Å². The molecule has 16 heavy (non-hydrogen) atoms. The average Bonchev–Trinajstić information content (AvgIpc) is 2.61. The molecule has 0 fully saturated rings. The minimum absolute atomic E-state index is 0.133. The highest BCUT2D eigenvalue weighted by atomic mass is 16.5. The molecule has 0 amide bonds. The van der Waals surface area contributed by atoms with Gasteiger partial charge >= 0.3 is 5.97 Å². The van der Waals surface area contributed by atoms with Gasteiger partial charge in [0.15, 0.2) is 5.76 Å². The van der Waals surface area contributed by atoms with Gasteiger partial charge < -0.3 is 9.63 Å². The molecule has 82 valence electrons. The third-order valence-corrected chi connectivity index (χ3v) is 2.38. The molecule has 2 aromatic rings. The summed E-state index contributed by atoms with van der Waals surface area (Å²) in [6.07, 6.45) is -0.133. The van der Waals surface area contributed by atoms with Crippen molar-refractivity contribution in [2.45, 2.75) is 13.3 Å². The second kappa shape index (κ2) is 4.18. The van der Waals surface area contributed by atoms with Crippen molar-refractivity contribution in [1.82, 2.24) is 5.16 Å². The van der Waals surface area contributed by atoms with E-state index in [2.05, 4.69) is 5.16 Å². The first-order valence-electron chi connectivity index (χ1n) is 4.91. The lowest BCUT2D eigenvalue weighted by Crippen LogP contribution is -1.99. The molecular weight excluding hydrogens is 206 g/mol. The number of carboxylic acids is 1. The number of benzene rings is 1. The molecule has 1 heterocycles. The molecule has 0 aliphatic heterocycles. The standard InChI is InChI=1S/C12H11NO3/c1-8-10(7-11(14)15)16-13-12(8)9-5-3-2-4-6-9/h2-6H,7H2,1H3,(H,14,15). The molecule has 0 unspecified atom stereocenters. The Morgan fingerprint density at radius 2 is 2.06 bits per heavy atom. The first-order chi connectivity index (χ1) is 7.68. The normalized spacial score (nSPS) is 10.3. The van der Waals surface area contributed by atoms with E-state index < -0.39 is 5.97 Å². The largest absolute Gasteiger partial charge is 0.481 e. The molecule has 0 radical (unpaired) electrons. The van der Waals surface area contributed by atoms with Gasteiger partial charge in [0.05, 0.1) is 0 Å². The van der Waals surface area contributed by atoms with Crippen molar-refractivity contribution < 1.29 is 14.4 Å². The van der Waals surface area contributed by atoms with E-state index >= 15 is 0 Å². The van der Waals surface area contributed by atoms with E-state index in [1.165, 1.54) is 0 Å². The zero-order chi connectivity index (χ0) is 11.5. The van der Waals surface area contributed by atoms with Gasteiger partial charge in [0.25, 0.3) is 0 Å². The number of carbonyl (C=O) groups is 1. The maximum absolute atomic E-state index is 10.6. The van der Waals surface area contributed by atoms with Crippen LogP contribution < -0.4 is 0 Å². The second-order valence-corrected chi connectivity index (χ2v) is 3.52. The van der Waals surface area contributed by atoms with Gasteiger partial charge in [-0.15, -0.1) is 0 Å². The van der Waals surface area contributed by atoms with Crippen LogP contribution in [-0.4, -0.2) is 16.2 Å². The van der Waals surface area contributed by atoms with E-state index in [1.54, 1.807) is 0 Å². The van der Waals surface area contributed by atoms with E-state index in [0.717, 1.165) is 11.1 Å². The minimum atomic E-state index is -0.918. The second-order valence-electron chi connectivity index (χ2n) is 3.52. The summed E-state index contributed by atoms with van der Waals surface area (Å²) in [4.78, 5) is 10.6. The number of hydrogen-bond acceptors (Lipinski definition) is 3. The fourth-order valence-electron chi connectivity index (χ4n) is 1.54. The van der Waals surface area contributed by atoms with Gasteiger partial charge in [0.2, 0.25) is 0 Å². The number of nitrogens with zero attached hydrogens (tertiary/aromatic N) is 1. The van der Waals surface area contributed by atoms with Gasteiger partial charge in [0.1, 0.15) is 12.1 Å². The molecule has 0 aliphatic carbocycles. The quantitative estimate of drug-likeness (QED) is 0.856. The molecule has 2 rings (SSSR count). The van der Waals surface area contributed by atoms with Crippen LogP contribution in [0.3, 0.4) is 0 Å². The van der Waals surface area contributed by atoms with Crippen LogP contribution in [0.2, 0.25) is 0 Å². The van der Waals surface area contributed by atoms with E-state index in [-0.39, 0.29) is 6.42 Å². The Labute approximate surface area is 92.5 Å². The summed E-state index contributed by atoms with van der Waals surface area (Å²) in [5, 5.41) is 12.6. The number of aliphatic carboxylic acids is 1. The first-order valence-corrected chi connectivity index (χ1v) is 4.91. The van der Waals surface area contributed by atoms with Crippen molar-refractivity contribution in [3.8, 4) is 11.3 Å². The molecule has 4 nitrogen and oxygen atoms in total. The van der Waals surface area contributed by atoms with Crippen LogP contribution in [0, 0.1) is 6.92 Å². The number of carboxylic acid groups (broad SMARTS) is 1. The van der Waals surface area contributed by atoms with Crippen LogP contribution in [0.15, 0.2) is 34.9 Å². The zero-order valence-electron chi connectivity index (χ0n) is 8.80. The predicted molar refractivity (Wildman–Crippen MR) is 58.0 cm³/mol. The lowest BCUT2D eigenvalue weighted by atomic mass is 10.1. The van der Waals surface area contributed by atoms with Crippen LogP contribution >= 0.6 is 0 Å². The molecule has 1 aromatic heterocycles. The lowest BCUT2D eigenvalue weighted by Gasteiger charge is -1.96. The van der Waals surface area contributed by atoms with E-state index in [4.69, 9.17) is 9.63 Å². The fourth-order valence-corrected chi connectivity index (χ4v) is 1.54. The van der Waals surface area contributed by atoms with Crippen molar-refractivity contribution in [2.24, 2.45) is 0 Å². The summed E-state index contributed by atoms with van der Waals surface area (Å²) < 4.78 is 5.03. The molecule has 0 bridgehead atoms. The Morgan fingerprint density at radius 3 is 2.69 bits per heavy atom. The Morgan fingerprint density at radius 1 is 1.38 bits per heavy atom. The van der Waals surface area contributed by atoms with Gasteiger partial charge in [-0.2, -0.15) is 0 Å². The Balaban J connectivity index is 2.37. The Hall–Kier alpha value is -2.10. The lowest BCUT2D eigenvalue weighted by molar-refractivity contribution is -0.136. The maximum Gasteiger partial charge on any atom is 0.311 e. The highest BCUT2D eigenvalue weighted by Gasteiger charge is 2.15. The van der Waals surface area contributed by atoms with E-state index in [1.807, 2.05) is 37.3 Å². The molecule has 4 heteroatoms. The third kappa shape index (κ3) is 1.95. The summed E-state index contributed by atoms with van der Waals surface area (Å²) in [6.45, 7) is 1.82. The summed E-state index contributed by atoms with van der Waals surface area (Å²) in [7, 11) is 0. The van der Waals surface area contributed by atoms with Crippen LogP contribution in [0.25, 0.3) is 11.3 Å². The van der Waals surface area contributed by atoms with Gasteiger partial charge in [0, 0.05) is 11.1 Å². The third-order valence-electron chi connectivity index (χ3n) is 2.38. The van der Waals surface area contributed by atoms with Crippen molar-refractivity contribution >= 4 is 5.97 Å². The van der Waals surface area contributed by atoms with Gasteiger partial charge in [-0.1, -0.05) is 35.5 Å². The molecule has 0 aliphatic rings. The fraction of sp³-hybridized carbons (Fsp3) is 0.167. The maximum atomic E-state index is 10.6. The monoisotopic (exact) mass is 217 g/mol. The van der Waals surface area contributed by atoms with E-state index in [9.17, 15) is 4.79 Å². The highest BCUT2D eigenvalue weighted by Crippen LogP contribution is 2.24. The van der Waals surface area contributed by atoms with Crippen LogP contribution in [0.5, 0.6) is 0 Å². The number of aromatic nitrogens is 1. The van der Waals surface area contributed by atoms with Crippen LogP contribution in [-0.2, 0) is 11.2 Å². The van der Waals surface area contributed by atoms with Crippen molar-refractivity contribution in [2.75, 3.05) is 0 Å². The highest BCUT2D eigenvalue weighted by molar-refractivity contribution is 5.71. The summed E-state index contributed by atoms with van der Waals surface area (Å²) in [6, 6.07) is 9.54. The molecular formula is C12H11NO3. The minimum Gasteiger partial charge on any atom is -0.481 e. The SMILES string of the molecule is Cc1c(-c2ccccc2)noc1CC(=O)O. The summed E-state index contributed by atoms with van der Waals surface area (Å²) >= 11 is 0. The van der Waals surface area contributed by atoms with Gasteiger partial charge in [-0.25, -0.2) is 0 Å².